The number of hydrogen-bond donors (Lipinski definition) is 0. The average Bonchev–Trinajstić information content (AvgIpc) is 3.04. The number of rotatable bonds is 4. The predicted octanol–water partition coefficient (Wildman–Crippen LogP) is 2.97. The SMILES string of the molecule is CC(c1ccccc1)N1CC(C(=O)N2CCCN(C(=O)c3ccccc3)CC2)CC1=O. The van der Waals surface area contributed by atoms with Crippen molar-refractivity contribution in [2.45, 2.75) is 25.8 Å². The van der Waals surface area contributed by atoms with E-state index in [0.717, 1.165) is 12.0 Å². The van der Waals surface area contributed by atoms with Gasteiger partial charge in [0.15, 0.2) is 0 Å². The molecule has 2 aromatic carbocycles. The maximum atomic E-state index is 13.2. The van der Waals surface area contributed by atoms with E-state index in [4.69, 9.17) is 0 Å². The van der Waals surface area contributed by atoms with Gasteiger partial charge in [-0.2, -0.15) is 0 Å². The molecule has 2 heterocycles. The molecule has 2 atom stereocenters. The lowest BCUT2D eigenvalue weighted by molar-refractivity contribution is -0.135. The van der Waals surface area contributed by atoms with Gasteiger partial charge >= 0.3 is 0 Å². The van der Waals surface area contributed by atoms with Crippen LogP contribution in [0, 0.1) is 5.92 Å². The van der Waals surface area contributed by atoms with Crippen LogP contribution in [0.2, 0.25) is 0 Å². The van der Waals surface area contributed by atoms with Crippen molar-refractivity contribution in [2.75, 3.05) is 32.7 Å². The molecule has 31 heavy (non-hydrogen) atoms. The number of carbonyl (C=O) groups is 3. The molecular formula is C25H29N3O3. The smallest absolute Gasteiger partial charge is 0.253 e. The molecule has 2 fully saturated rings. The van der Waals surface area contributed by atoms with Gasteiger partial charge in [0.05, 0.1) is 12.0 Å². The van der Waals surface area contributed by atoms with Crippen molar-refractivity contribution in [3.05, 3.63) is 71.8 Å². The van der Waals surface area contributed by atoms with Crippen LogP contribution in [0.25, 0.3) is 0 Å². The van der Waals surface area contributed by atoms with Gasteiger partial charge in [0.2, 0.25) is 11.8 Å². The summed E-state index contributed by atoms with van der Waals surface area (Å²) >= 11 is 0. The first-order chi connectivity index (χ1) is 15.0. The highest BCUT2D eigenvalue weighted by atomic mass is 16.2. The van der Waals surface area contributed by atoms with Crippen LogP contribution in [0.3, 0.4) is 0 Å². The molecule has 2 aliphatic rings. The van der Waals surface area contributed by atoms with Gasteiger partial charge in [0, 0.05) is 44.7 Å². The Bertz CT molecular complexity index is 932. The van der Waals surface area contributed by atoms with Gasteiger partial charge in [0.1, 0.15) is 0 Å². The summed E-state index contributed by atoms with van der Waals surface area (Å²) in [6, 6.07) is 19.1. The fourth-order valence-electron chi connectivity index (χ4n) is 4.55. The van der Waals surface area contributed by atoms with Gasteiger partial charge in [-0.15, -0.1) is 0 Å². The van der Waals surface area contributed by atoms with Crippen LogP contribution in [0.15, 0.2) is 60.7 Å². The molecule has 6 heteroatoms. The quantitative estimate of drug-likeness (QED) is 0.766. The molecule has 6 nitrogen and oxygen atoms in total. The third-order valence-electron chi connectivity index (χ3n) is 6.37. The Morgan fingerprint density at radius 3 is 2.19 bits per heavy atom. The Hall–Kier alpha value is -3.15. The molecule has 0 N–H and O–H groups in total. The maximum absolute atomic E-state index is 13.2. The normalized spacial score (nSPS) is 20.5. The maximum Gasteiger partial charge on any atom is 0.253 e. The van der Waals surface area contributed by atoms with Gasteiger partial charge in [-0.05, 0) is 31.0 Å². The minimum absolute atomic E-state index is 0.00815. The van der Waals surface area contributed by atoms with E-state index in [1.54, 1.807) is 0 Å². The Morgan fingerprint density at radius 1 is 0.871 bits per heavy atom. The van der Waals surface area contributed by atoms with Crippen molar-refractivity contribution in [1.82, 2.24) is 14.7 Å². The summed E-state index contributed by atoms with van der Waals surface area (Å²) in [6.45, 7) is 4.76. The fourth-order valence-corrected chi connectivity index (χ4v) is 4.55. The Balaban J connectivity index is 1.36. The van der Waals surface area contributed by atoms with Crippen LogP contribution < -0.4 is 0 Å². The number of benzene rings is 2. The first kappa shape index (κ1) is 21.1. The molecule has 0 spiro atoms. The standard InChI is InChI=1S/C25H29N3O3/c1-19(20-9-4-2-5-10-20)28-18-22(17-23(28)29)25(31)27-14-8-13-26(15-16-27)24(30)21-11-6-3-7-12-21/h2-7,9-12,19,22H,8,13-18H2,1H3. The lowest BCUT2D eigenvalue weighted by Crippen LogP contribution is -2.40. The van der Waals surface area contributed by atoms with E-state index in [1.807, 2.05) is 82.3 Å². The van der Waals surface area contributed by atoms with Crippen molar-refractivity contribution in [3.63, 3.8) is 0 Å². The predicted molar refractivity (Wildman–Crippen MR) is 118 cm³/mol. The zero-order valence-corrected chi connectivity index (χ0v) is 17.9. The lowest BCUT2D eigenvalue weighted by atomic mass is 10.1. The topological polar surface area (TPSA) is 60.9 Å². The fraction of sp³-hybridized carbons (Fsp3) is 0.400. The Morgan fingerprint density at radius 2 is 1.48 bits per heavy atom. The van der Waals surface area contributed by atoms with Crippen LogP contribution in [0.1, 0.15) is 41.7 Å². The van der Waals surface area contributed by atoms with E-state index < -0.39 is 0 Å². The number of likely N-dealkylation sites (tertiary alicyclic amines) is 1. The molecule has 0 radical (unpaired) electrons. The van der Waals surface area contributed by atoms with Gasteiger partial charge in [0.25, 0.3) is 5.91 Å². The molecule has 3 amide bonds. The first-order valence-corrected chi connectivity index (χ1v) is 11.0. The molecule has 162 valence electrons. The Kier molecular flexibility index (Phi) is 6.35. The van der Waals surface area contributed by atoms with Gasteiger partial charge < -0.3 is 14.7 Å². The molecule has 2 aliphatic heterocycles. The van der Waals surface area contributed by atoms with Gasteiger partial charge in [-0.25, -0.2) is 0 Å². The summed E-state index contributed by atoms with van der Waals surface area (Å²) in [5.74, 6) is -0.237. The van der Waals surface area contributed by atoms with Crippen LogP contribution in [-0.2, 0) is 9.59 Å². The average molecular weight is 420 g/mol. The minimum Gasteiger partial charge on any atom is -0.341 e. The molecule has 0 aliphatic carbocycles. The van der Waals surface area contributed by atoms with E-state index >= 15 is 0 Å². The first-order valence-electron chi connectivity index (χ1n) is 11.0. The molecule has 0 aromatic heterocycles. The van der Waals surface area contributed by atoms with Gasteiger partial charge in [-0.3, -0.25) is 14.4 Å². The molecule has 4 rings (SSSR count). The summed E-state index contributed by atoms with van der Waals surface area (Å²) in [7, 11) is 0. The Labute approximate surface area is 183 Å². The summed E-state index contributed by atoms with van der Waals surface area (Å²) in [6.07, 6.45) is 1.01. The van der Waals surface area contributed by atoms with Crippen LogP contribution >= 0.6 is 0 Å². The third-order valence-corrected chi connectivity index (χ3v) is 6.37. The van der Waals surface area contributed by atoms with E-state index in [-0.39, 0.29) is 36.1 Å². The zero-order valence-electron chi connectivity index (χ0n) is 17.9. The summed E-state index contributed by atoms with van der Waals surface area (Å²) in [5.41, 5.74) is 1.75. The van der Waals surface area contributed by atoms with Crippen molar-refractivity contribution in [2.24, 2.45) is 5.92 Å². The van der Waals surface area contributed by atoms with E-state index in [1.165, 1.54) is 0 Å². The van der Waals surface area contributed by atoms with E-state index in [9.17, 15) is 14.4 Å². The van der Waals surface area contributed by atoms with Crippen LogP contribution in [-0.4, -0.2) is 65.1 Å². The van der Waals surface area contributed by atoms with Crippen molar-refractivity contribution >= 4 is 17.7 Å². The third kappa shape index (κ3) is 4.63. The monoisotopic (exact) mass is 419 g/mol. The number of carbonyl (C=O) groups excluding carboxylic acids is 3. The molecule has 2 saturated heterocycles. The summed E-state index contributed by atoms with van der Waals surface area (Å²) in [4.78, 5) is 44.1. The summed E-state index contributed by atoms with van der Waals surface area (Å²) < 4.78 is 0. The second-order valence-corrected chi connectivity index (χ2v) is 8.37. The number of nitrogens with zero attached hydrogens (tertiary/aromatic N) is 3. The minimum atomic E-state index is -0.310. The lowest BCUT2D eigenvalue weighted by Gasteiger charge is -2.27. The molecule has 0 bridgehead atoms. The van der Waals surface area contributed by atoms with Crippen molar-refractivity contribution in [1.29, 1.82) is 0 Å². The van der Waals surface area contributed by atoms with Crippen molar-refractivity contribution < 1.29 is 14.4 Å². The second kappa shape index (κ2) is 9.33. The van der Waals surface area contributed by atoms with Gasteiger partial charge in [-0.1, -0.05) is 48.5 Å². The second-order valence-electron chi connectivity index (χ2n) is 8.37. The molecular weight excluding hydrogens is 390 g/mol. The van der Waals surface area contributed by atoms with Crippen LogP contribution in [0.4, 0.5) is 0 Å². The van der Waals surface area contributed by atoms with E-state index in [0.29, 0.717) is 38.3 Å². The van der Waals surface area contributed by atoms with Crippen molar-refractivity contribution in [3.8, 4) is 0 Å². The van der Waals surface area contributed by atoms with Crippen LogP contribution in [0.5, 0.6) is 0 Å². The number of amides is 3. The molecule has 0 saturated carbocycles. The highest BCUT2D eigenvalue weighted by Crippen LogP contribution is 2.29. The molecule has 2 unspecified atom stereocenters. The highest BCUT2D eigenvalue weighted by Gasteiger charge is 2.39. The summed E-state index contributed by atoms with van der Waals surface area (Å²) in [5, 5.41) is 0. The number of hydrogen-bond acceptors (Lipinski definition) is 3. The largest absolute Gasteiger partial charge is 0.341 e. The van der Waals surface area contributed by atoms with E-state index in [2.05, 4.69) is 0 Å². The highest BCUT2D eigenvalue weighted by molar-refractivity contribution is 5.94. The molecule has 2 aromatic rings. The zero-order chi connectivity index (χ0) is 21.8.